The van der Waals surface area contributed by atoms with Gasteiger partial charge in [-0.2, -0.15) is 0 Å². The van der Waals surface area contributed by atoms with Crippen LogP contribution in [0.2, 0.25) is 0 Å². The first-order valence-corrected chi connectivity index (χ1v) is 4.55. The summed E-state index contributed by atoms with van der Waals surface area (Å²) in [4.78, 5) is 22.5. The van der Waals surface area contributed by atoms with E-state index in [1.165, 1.54) is 6.92 Å². The van der Waals surface area contributed by atoms with Crippen molar-refractivity contribution in [3.8, 4) is 0 Å². The standard InChI is InChI=1S/C10H16O3/c1-9(2)4-5-10(3,8(12)13)7(11)6-9/h4-6H2,1-3H3,(H,12,13). The van der Waals surface area contributed by atoms with E-state index in [1.54, 1.807) is 0 Å². The van der Waals surface area contributed by atoms with E-state index in [1.807, 2.05) is 13.8 Å². The molecule has 0 aromatic heterocycles. The van der Waals surface area contributed by atoms with E-state index in [0.29, 0.717) is 12.8 Å². The van der Waals surface area contributed by atoms with Crippen molar-refractivity contribution < 1.29 is 14.7 Å². The van der Waals surface area contributed by atoms with E-state index in [-0.39, 0.29) is 11.2 Å². The van der Waals surface area contributed by atoms with Gasteiger partial charge in [0.25, 0.3) is 0 Å². The Balaban J connectivity index is 2.86. The van der Waals surface area contributed by atoms with E-state index in [9.17, 15) is 9.59 Å². The molecule has 3 heteroatoms. The minimum Gasteiger partial charge on any atom is -0.481 e. The number of Topliss-reactive ketones (excluding diaryl/α,β-unsaturated/α-hetero) is 1. The number of hydrogen-bond donors (Lipinski definition) is 1. The van der Waals surface area contributed by atoms with Gasteiger partial charge >= 0.3 is 5.97 Å². The van der Waals surface area contributed by atoms with Crippen LogP contribution < -0.4 is 0 Å². The largest absolute Gasteiger partial charge is 0.481 e. The summed E-state index contributed by atoms with van der Waals surface area (Å²) in [5.74, 6) is -1.11. The van der Waals surface area contributed by atoms with Crippen LogP contribution in [0.5, 0.6) is 0 Å². The summed E-state index contributed by atoms with van der Waals surface area (Å²) in [5.41, 5.74) is -1.15. The van der Waals surface area contributed by atoms with Crippen molar-refractivity contribution in [1.82, 2.24) is 0 Å². The molecule has 13 heavy (non-hydrogen) atoms. The number of ketones is 1. The summed E-state index contributed by atoms with van der Waals surface area (Å²) in [5, 5.41) is 8.92. The average molecular weight is 184 g/mol. The quantitative estimate of drug-likeness (QED) is 0.633. The van der Waals surface area contributed by atoms with Gasteiger partial charge in [-0.05, 0) is 25.2 Å². The van der Waals surface area contributed by atoms with E-state index < -0.39 is 11.4 Å². The fourth-order valence-electron chi connectivity index (χ4n) is 1.67. The van der Waals surface area contributed by atoms with Gasteiger partial charge in [-0.1, -0.05) is 13.8 Å². The molecule has 0 amide bonds. The molecule has 3 nitrogen and oxygen atoms in total. The zero-order chi connectivity index (χ0) is 10.3. The van der Waals surface area contributed by atoms with E-state index in [4.69, 9.17) is 5.11 Å². The van der Waals surface area contributed by atoms with Gasteiger partial charge in [0.2, 0.25) is 0 Å². The maximum atomic E-state index is 11.6. The lowest BCUT2D eigenvalue weighted by Gasteiger charge is -2.37. The van der Waals surface area contributed by atoms with Crippen LogP contribution in [0.4, 0.5) is 0 Å². The molecule has 0 spiro atoms. The molecule has 0 radical (unpaired) electrons. The first-order valence-electron chi connectivity index (χ1n) is 4.55. The zero-order valence-electron chi connectivity index (χ0n) is 8.39. The van der Waals surface area contributed by atoms with Crippen LogP contribution in [0.25, 0.3) is 0 Å². The van der Waals surface area contributed by atoms with Crippen LogP contribution in [0.1, 0.15) is 40.0 Å². The zero-order valence-corrected chi connectivity index (χ0v) is 8.39. The van der Waals surface area contributed by atoms with Crippen molar-refractivity contribution in [2.24, 2.45) is 10.8 Å². The molecule has 1 fully saturated rings. The summed E-state index contributed by atoms with van der Waals surface area (Å²) < 4.78 is 0. The predicted octanol–water partition coefficient (Wildman–Crippen LogP) is 1.86. The van der Waals surface area contributed by atoms with Crippen molar-refractivity contribution in [3.05, 3.63) is 0 Å². The highest BCUT2D eigenvalue weighted by atomic mass is 16.4. The molecule has 1 N–H and O–H groups in total. The smallest absolute Gasteiger partial charge is 0.316 e. The van der Waals surface area contributed by atoms with Gasteiger partial charge < -0.3 is 5.11 Å². The lowest BCUT2D eigenvalue weighted by atomic mass is 9.65. The Morgan fingerprint density at radius 1 is 1.31 bits per heavy atom. The van der Waals surface area contributed by atoms with Crippen LogP contribution in [-0.4, -0.2) is 16.9 Å². The molecule has 1 aliphatic carbocycles. The Labute approximate surface area is 78.1 Å². The minimum absolute atomic E-state index is 0.0218. The molecule has 1 rings (SSSR count). The highest BCUT2D eigenvalue weighted by Crippen LogP contribution is 2.42. The fraction of sp³-hybridized carbons (Fsp3) is 0.800. The van der Waals surface area contributed by atoms with Crippen molar-refractivity contribution >= 4 is 11.8 Å². The summed E-state index contributed by atoms with van der Waals surface area (Å²) in [6.45, 7) is 5.55. The number of carbonyl (C=O) groups excluding carboxylic acids is 1. The molecule has 0 aliphatic heterocycles. The Morgan fingerprint density at radius 2 is 1.85 bits per heavy atom. The Kier molecular flexibility index (Phi) is 2.22. The number of hydrogen-bond acceptors (Lipinski definition) is 2. The monoisotopic (exact) mass is 184 g/mol. The second-order valence-electron chi connectivity index (χ2n) is 4.90. The molecule has 0 aromatic carbocycles. The maximum Gasteiger partial charge on any atom is 0.316 e. The van der Waals surface area contributed by atoms with Crippen molar-refractivity contribution in [3.63, 3.8) is 0 Å². The van der Waals surface area contributed by atoms with Gasteiger partial charge in [0, 0.05) is 6.42 Å². The third-order valence-corrected chi connectivity index (χ3v) is 3.03. The van der Waals surface area contributed by atoms with Crippen LogP contribution in [-0.2, 0) is 9.59 Å². The lowest BCUT2D eigenvalue weighted by molar-refractivity contribution is -0.157. The Hall–Kier alpha value is -0.860. The number of aliphatic carboxylic acids is 1. The highest BCUT2D eigenvalue weighted by molar-refractivity contribution is 6.03. The maximum absolute atomic E-state index is 11.6. The molecule has 0 heterocycles. The SMILES string of the molecule is CC1(C)CCC(C)(C(=O)O)C(=O)C1. The molecule has 1 unspecified atom stereocenters. The van der Waals surface area contributed by atoms with E-state index >= 15 is 0 Å². The van der Waals surface area contributed by atoms with E-state index in [2.05, 4.69) is 0 Å². The van der Waals surface area contributed by atoms with Gasteiger partial charge in [-0.3, -0.25) is 9.59 Å². The third-order valence-electron chi connectivity index (χ3n) is 3.03. The molecule has 0 aromatic rings. The van der Waals surface area contributed by atoms with Gasteiger partial charge in [-0.15, -0.1) is 0 Å². The minimum atomic E-state index is -1.13. The second kappa shape index (κ2) is 2.82. The normalized spacial score (nSPS) is 33.0. The molecule has 0 bridgehead atoms. The summed E-state index contributed by atoms with van der Waals surface area (Å²) in [6.07, 6.45) is 1.66. The van der Waals surface area contributed by atoms with Crippen LogP contribution in [0.15, 0.2) is 0 Å². The first kappa shape index (κ1) is 10.2. The molecule has 0 saturated heterocycles. The molecule has 1 aliphatic rings. The van der Waals surface area contributed by atoms with Crippen molar-refractivity contribution in [2.45, 2.75) is 40.0 Å². The molecular weight excluding hydrogens is 168 g/mol. The topological polar surface area (TPSA) is 54.4 Å². The molecular formula is C10H16O3. The van der Waals surface area contributed by atoms with Crippen LogP contribution >= 0.6 is 0 Å². The second-order valence-corrected chi connectivity index (χ2v) is 4.90. The van der Waals surface area contributed by atoms with Crippen molar-refractivity contribution in [1.29, 1.82) is 0 Å². The van der Waals surface area contributed by atoms with Gasteiger partial charge in [0.05, 0.1) is 0 Å². The van der Waals surface area contributed by atoms with E-state index in [0.717, 1.165) is 6.42 Å². The van der Waals surface area contributed by atoms with Gasteiger partial charge in [0.15, 0.2) is 0 Å². The van der Waals surface area contributed by atoms with Gasteiger partial charge in [0.1, 0.15) is 11.2 Å². The first-order chi connectivity index (χ1) is 5.78. The fourth-order valence-corrected chi connectivity index (χ4v) is 1.67. The average Bonchev–Trinajstić information content (AvgIpc) is 1.96. The van der Waals surface area contributed by atoms with Crippen molar-refractivity contribution in [2.75, 3.05) is 0 Å². The summed E-state index contributed by atoms with van der Waals surface area (Å²) in [7, 11) is 0. The summed E-state index contributed by atoms with van der Waals surface area (Å²) >= 11 is 0. The Bertz CT molecular complexity index is 255. The number of carboxylic acids is 1. The summed E-state index contributed by atoms with van der Waals surface area (Å²) in [6, 6.07) is 0. The number of carbonyl (C=O) groups is 2. The predicted molar refractivity (Wildman–Crippen MR) is 48.4 cm³/mol. The molecule has 1 atom stereocenters. The van der Waals surface area contributed by atoms with Crippen LogP contribution in [0.3, 0.4) is 0 Å². The third kappa shape index (κ3) is 1.74. The van der Waals surface area contributed by atoms with Crippen LogP contribution in [0, 0.1) is 10.8 Å². The number of rotatable bonds is 1. The molecule has 74 valence electrons. The Morgan fingerprint density at radius 3 is 2.23 bits per heavy atom. The lowest BCUT2D eigenvalue weighted by Crippen LogP contribution is -2.43. The molecule has 1 saturated carbocycles. The number of carboxylic acid groups (broad SMARTS) is 1. The van der Waals surface area contributed by atoms with Gasteiger partial charge in [-0.25, -0.2) is 0 Å². The highest BCUT2D eigenvalue weighted by Gasteiger charge is 2.47.